The van der Waals surface area contributed by atoms with Crippen molar-refractivity contribution in [3.63, 3.8) is 0 Å². The van der Waals surface area contributed by atoms with Gasteiger partial charge in [0.2, 0.25) is 0 Å². The first-order valence-corrected chi connectivity index (χ1v) is 8.42. The number of anilines is 1. The van der Waals surface area contributed by atoms with Crippen LogP contribution in [-0.4, -0.2) is 25.7 Å². The average Bonchev–Trinajstić information content (AvgIpc) is 2.50. The number of hydrogen-bond donors (Lipinski definition) is 1. The number of piperazine rings is 1. The van der Waals surface area contributed by atoms with Crippen LogP contribution in [0.3, 0.4) is 0 Å². The van der Waals surface area contributed by atoms with Gasteiger partial charge in [0.1, 0.15) is 0 Å². The number of para-hydroxylation sites is 1. The van der Waals surface area contributed by atoms with Crippen molar-refractivity contribution in [3.8, 4) is 0 Å². The fourth-order valence-corrected chi connectivity index (χ4v) is 3.69. The molecule has 21 heavy (non-hydrogen) atoms. The molecule has 0 unspecified atom stereocenters. The molecule has 1 saturated heterocycles. The van der Waals surface area contributed by atoms with Crippen LogP contribution in [0.1, 0.15) is 6.92 Å². The van der Waals surface area contributed by atoms with Crippen LogP contribution >= 0.6 is 23.4 Å². The van der Waals surface area contributed by atoms with E-state index in [-0.39, 0.29) is 0 Å². The average molecular weight is 319 g/mol. The van der Waals surface area contributed by atoms with E-state index in [2.05, 4.69) is 53.5 Å². The van der Waals surface area contributed by atoms with Crippen LogP contribution in [0.5, 0.6) is 0 Å². The summed E-state index contributed by atoms with van der Waals surface area (Å²) in [6.07, 6.45) is 0. The molecule has 3 rings (SSSR count). The van der Waals surface area contributed by atoms with Crippen molar-refractivity contribution < 1.29 is 0 Å². The Kier molecular flexibility index (Phi) is 4.73. The zero-order valence-corrected chi connectivity index (χ0v) is 13.6. The van der Waals surface area contributed by atoms with Crippen LogP contribution in [0.2, 0.25) is 5.02 Å². The molecule has 4 heteroatoms. The third-order valence-electron chi connectivity index (χ3n) is 3.62. The van der Waals surface area contributed by atoms with Gasteiger partial charge in [-0.2, -0.15) is 0 Å². The molecule has 0 aliphatic carbocycles. The van der Waals surface area contributed by atoms with Gasteiger partial charge in [-0.1, -0.05) is 35.5 Å². The molecule has 0 saturated carbocycles. The van der Waals surface area contributed by atoms with Crippen LogP contribution in [0, 0.1) is 0 Å². The highest BCUT2D eigenvalue weighted by Crippen LogP contribution is 2.36. The minimum atomic E-state index is 0.535. The Hall–Kier alpha value is -1.16. The third kappa shape index (κ3) is 3.73. The van der Waals surface area contributed by atoms with Gasteiger partial charge in [-0.05, 0) is 43.3 Å². The molecule has 110 valence electrons. The molecule has 1 aliphatic heterocycles. The summed E-state index contributed by atoms with van der Waals surface area (Å²) in [7, 11) is 0. The second kappa shape index (κ2) is 6.73. The largest absolute Gasteiger partial charge is 0.368 e. The lowest BCUT2D eigenvalue weighted by Crippen LogP contribution is -2.49. The van der Waals surface area contributed by atoms with E-state index >= 15 is 0 Å². The molecular formula is C17H19ClN2S. The first kappa shape index (κ1) is 14.8. The smallest absolute Gasteiger partial charge is 0.0509 e. The molecular weight excluding hydrogens is 300 g/mol. The Morgan fingerprint density at radius 2 is 1.90 bits per heavy atom. The predicted molar refractivity (Wildman–Crippen MR) is 91.7 cm³/mol. The second-order valence-corrected chi connectivity index (χ2v) is 6.88. The summed E-state index contributed by atoms with van der Waals surface area (Å²) in [5, 5.41) is 4.28. The molecule has 1 aliphatic rings. The van der Waals surface area contributed by atoms with Crippen LogP contribution in [-0.2, 0) is 0 Å². The fourth-order valence-electron chi connectivity index (χ4n) is 2.59. The molecule has 0 bridgehead atoms. The maximum atomic E-state index is 5.96. The van der Waals surface area contributed by atoms with E-state index in [1.54, 1.807) is 11.8 Å². The quantitative estimate of drug-likeness (QED) is 0.909. The summed E-state index contributed by atoms with van der Waals surface area (Å²) in [6, 6.07) is 17.2. The fraction of sp³-hybridized carbons (Fsp3) is 0.294. The molecule has 0 radical (unpaired) electrons. The lowest BCUT2D eigenvalue weighted by atomic mass is 10.2. The van der Waals surface area contributed by atoms with E-state index in [0.717, 1.165) is 24.7 Å². The lowest BCUT2D eigenvalue weighted by molar-refractivity contribution is 0.483. The Balaban J connectivity index is 1.83. The third-order valence-corrected chi connectivity index (χ3v) is 4.94. The summed E-state index contributed by atoms with van der Waals surface area (Å²) in [6.45, 7) is 5.39. The number of rotatable bonds is 3. The maximum Gasteiger partial charge on any atom is 0.0509 e. The van der Waals surface area contributed by atoms with Crippen molar-refractivity contribution in [2.45, 2.75) is 22.8 Å². The maximum absolute atomic E-state index is 5.96. The van der Waals surface area contributed by atoms with E-state index in [9.17, 15) is 0 Å². The molecule has 2 aromatic carbocycles. The van der Waals surface area contributed by atoms with Gasteiger partial charge in [0.25, 0.3) is 0 Å². The molecule has 1 heterocycles. The monoisotopic (exact) mass is 318 g/mol. The predicted octanol–water partition coefficient (Wildman–Crippen LogP) is 4.29. The Morgan fingerprint density at radius 3 is 2.67 bits per heavy atom. The molecule has 2 aromatic rings. The lowest BCUT2D eigenvalue weighted by Gasteiger charge is -2.34. The van der Waals surface area contributed by atoms with Crippen molar-refractivity contribution in [3.05, 3.63) is 53.6 Å². The summed E-state index contributed by atoms with van der Waals surface area (Å²) in [5.41, 5.74) is 1.32. The Bertz CT molecular complexity index is 600. The summed E-state index contributed by atoms with van der Waals surface area (Å²) in [5.74, 6) is 0. The summed E-state index contributed by atoms with van der Waals surface area (Å²) < 4.78 is 0. The van der Waals surface area contributed by atoms with Crippen molar-refractivity contribution in [2.24, 2.45) is 0 Å². The zero-order valence-electron chi connectivity index (χ0n) is 12.1. The minimum absolute atomic E-state index is 0.535. The van der Waals surface area contributed by atoms with E-state index in [4.69, 9.17) is 11.6 Å². The summed E-state index contributed by atoms with van der Waals surface area (Å²) >= 11 is 7.76. The number of benzene rings is 2. The van der Waals surface area contributed by atoms with Crippen molar-refractivity contribution in [2.75, 3.05) is 24.5 Å². The first-order chi connectivity index (χ1) is 10.2. The van der Waals surface area contributed by atoms with E-state index in [1.165, 1.54) is 15.5 Å². The molecule has 2 nitrogen and oxygen atoms in total. The van der Waals surface area contributed by atoms with Crippen LogP contribution < -0.4 is 10.2 Å². The molecule has 1 N–H and O–H groups in total. The number of nitrogens with one attached hydrogen (secondary N) is 1. The number of halogens is 1. The minimum Gasteiger partial charge on any atom is -0.368 e. The van der Waals surface area contributed by atoms with E-state index < -0.39 is 0 Å². The van der Waals surface area contributed by atoms with Crippen molar-refractivity contribution in [1.29, 1.82) is 0 Å². The van der Waals surface area contributed by atoms with Crippen molar-refractivity contribution in [1.82, 2.24) is 5.32 Å². The van der Waals surface area contributed by atoms with Gasteiger partial charge in [0.15, 0.2) is 0 Å². The topological polar surface area (TPSA) is 15.3 Å². The van der Waals surface area contributed by atoms with Crippen molar-refractivity contribution >= 4 is 29.1 Å². The Labute approximate surface area is 135 Å². The van der Waals surface area contributed by atoms with E-state index in [1.807, 2.05) is 12.1 Å². The van der Waals surface area contributed by atoms with Gasteiger partial charge in [-0.25, -0.2) is 0 Å². The van der Waals surface area contributed by atoms with E-state index in [0.29, 0.717) is 6.04 Å². The van der Waals surface area contributed by atoms with Gasteiger partial charge >= 0.3 is 0 Å². The second-order valence-electron chi connectivity index (χ2n) is 5.32. The van der Waals surface area contributed by atoms with Crippen LogP contribution in [0.4, 0.5) is 5.69 Å². The van der Waals surface area contributed by atoms with Gasteiger partial charge in [-0.15, -0.1) is 0 Å². The number of nitrogens with zero attached hydrogens (tertiary/aromatic N) is 1. The van der Waals surface area contributed by atoms with Gasteiger partial charge in [0.05, 0.1) is 5.69 Å². The number of hydrogen-bond acceptors (Lipinski definition) is 3. The molecule has 0 spiro atoms. The molecule has 1 fully saturated rings. The highest BCUT2D eigenvalue weighted by Gasteiger charge is 2.18. The highest BCUT2D eigenvalue weighted by molar-refractivity contribution is 7.99. The first-order valence-electron chi connectivity index (χ1n) is 7.23. The summed E-state index contributed by atoms with van der Waals surface area (Å²) in [4.78, 5) is 4.99. The zero-order chi connectivity index (χ0) is 14.7. The highest BCUT2D eigenvalue weighted by atomic mass is 35.5. The molecule has 0 aromatic heterocycles. The van der Waals surface area contributed by atoms with Crippen LogP contribution in [0.25, 0.3) is 0 Å². The van der Waals surface area contributed by atoms with Gasteiger partial charge in [-0.3, -0.25) is 0 Å². The van der Waals surface area contributed by atoms with Gasteiger partial charge in [0, 0.05) is 40.5 Å². The molecule has 0 amide bonds. The van der Waals surface area contributed by atoms with Crippen LogP contribution in [0.15, 0.2) is 58.3 Å². The normalized spacial score (nSPS) is 18.8. The molecule has 1 atom stereocenters. The SMILES string of the molecule is C[C@@H]1CN(c2ccccc2Sc2ccc(Cl)cc2)CCN1. The Morgan fingerprint density at radius 1 is 1.14 bits per heavy atom. The standard InChI is InChI=1S/C17H19ClN2S/c1-13-12-20(11-10-19-13)16-4-2-3-5-17(16)21-15-8-6-14(18)7-9-15/h2-9,13,19H,10-12H2,1H3/t13-/m1/s1. The van der Waals surface area contributed by atoms with Gasteiger partial charge < -0.3 is 10.2 Å².